The molecule has 0 amide bonds. The fourth-order valence-corrected chi connectivity index (χ4v) is 14.5. The summed E-state index contributed by atoms with van der Waals surface area (Å²) in [7, 11) is -9.82. The van der Waals surface area contributed by atoms with Crippen molar-refractivity contribution in [2.45, 2.75) is 411 Å². The van der Waals surface area contributed by atoms with Gasteiger partial charge in [0.15, 0.2) is 6.10 Å². The molecule has 121 heavy (non-hydrogen) atoms. The second kappa shape index (κ2) is 93.8. The van der Waals surface area contributed by atoms with Gasteiger partial charge in [-0.15, -0.1) is 0 Å². The number of carbonyl (C=O) groups excluding carboxylic acids is 3. The van der Waals surface area contributed by atoms with Crippen LogP contribution in [-0.2, 0) is 55.8 Å². The number of hydrogen-bond donors (Lipinski definition) is 4. The predicted molar refractivity (Wildman–Crippen MR) is 509 cm³/mol. The molecule has 0 saturated heterocycles. The first-order valence-corrected chi connectivity index (χ1v) is 51.1. The van der Waals surface area contributed by atoms with E-state index in [0.29, 0.717) is 19.3 Å². The first-order chi connectivity index (χ1) is 59.2. The highest BCUT2D eigenvalue weighted by Crippen LogP contribution is 2.45. The number of hydrogen-bond acceptors (Lipinski definition) is 14. The molecule has 4 N–H and O–H groups in total. The number of esters is 3. The van der Waals surface area contributed by atoms with Crippen molar-refractivity contribution in [2.75, 3.05) is 39.6 Å². The van der Waals surface area contributed by atoms with Gasteiger partial charge >= 0.3 is 33.6 Å². The minimum atomic E-state index is -4.95. The maximum atomic E-state index is 13.1. The van der Waals surface area contributed by atoms with Gasteiger partial charge in [0.25, 0.3) is 0 Å². The van der Waals surface area contributed by atoms with Gasteiger partial charge in [0, 0.05) is 19.3 Å². The third-order valence-electron chi connectivity index (χ3n) is 20.1. The van der Waals surface area contributed by atoms with Crippen molar-refractivity contribution in [1.82, 2.24) is 0 Å². The molecule has 0 aromatic heterocycles. The van der Waals surface area contributed by atoms with Crippen molar-refractivity contribution in [3.05, 3.63) is 182 Å². The number of phosphoric acid groups is 2. The van der Waals surface area contributed by atoms with Crippen LogP contribution in [0.3, 0.4) is 0 Å². The lowest BCUT2D eigenvalue weighted by Crippen LogP contribution is -2.30. The van der Waals surface area contributed by atoms with Crippen molar-refractivity contribution < 1.29 is 75.8 Å². The number of ether oxygens (including phenoxy) is 3. The fraction of sp³-hybridized carbons (Fsp3) is 0.680. The zero-order valence-corrected chi connectivity index (χ0v) is 78.2. The van der Waals surface area contributed by atoms with E-state index in [0.717, 1.165) is 180 Å². The number of aliphatic hydroxyl groups excluding tert-OH is 2. The van der Waals surface area contributed by atoms with Gasteiger partial charge in [0.1, 0.15) is 25.4 Å². The molecule has 0 aromatic carbocycles. The van der Waals surface area contributed by atoms with Crippen molar-refractivity contribution >= 4 is 33.6 Å². The van der Waals surface area contributed by atoms with Crippen LogP contribution in [0.4, 0.5) is 0 Å². The summed E-state index contributed by atoms with van der Waals surface area (Å²) in [6, 6.07) is 0. The van der Waals surface area contributed by atoms with E-state index in [2.05, 4.69) is 203 Å². The Bertz CT molecular complexity index is 2930. The molecule has 16 nitrogen and oxygen atoms in total. The lowest BCUT2D eigenvalue weighted by molar-refractivity contribution is -0.161. The summed E-state index contributed by atoms with van der Waals surface area (Å²) < 4.78 is 61.6. The van der Waals surface area contributed by atoms with E-state index in [-0.39, 0.29) is 19.3 Å². The van der Waals surface area contributed by atoms with Crippen LogP contribution in [0, 0.1) is 0 Å². The lowest BCUT2D eigenvalue weighted by Gasteiger charge is -2.21. The topological polar surface area (TPSA) is 231 Å². The summed E-state index contributed by atoms with van der Waals surface area (Å²) in [5.74, 6) is -1.59. The molecule has 0 fully saturated rings. The van der Waals surface area contributed by atoms with E-state index in [1.165, 1.54) is 154 Å². The van der Waals surface area contributed by atoms with Crippen molar-refractivity contribution in [3.8, 4) is 0 Å². The molecule has 0 aromatic rings. The van der Waals surface area contributed by atoms with Gasteiger partial charge in [-0.2, -0.15) is 0 Å². The summed E-state index contributed by atoms with van der Waals surface area (Å²) in [4.78, 5) is 59.1. The Morgan fingerprint density at radius 1 is 0.240 bits per heavy atom. The van der Waals surface area contributed by atoms with Crippen molar-refractivity contribution in [1.29, 1.82) is 0 Å². The highest BCUT2D eigenvalue weighted by Gasteiger charge is 2.30. The molecule has 0 bridgehead atoms. The molecular weight excluding hydrogens is 1560 g/mol. The highest BCUT2D eigenvalue weighted by atomic mass is 31.2. The summed E-state index contributed by atoms with van der Waals surface area (Å²) in [6.07, 6.45) is 124. The maximum absolute atomic E-state index is 13.1. The van der Waals surface area contributed by atoms with Gasteiger partial charge in [-0.1, -0.05) is 396 Å². The van der Waals surface area contributed by atoms with Crippen molar-refractivity contribution in [3.63, 3.8) is 0 Å². The van der Waals surface area contributed by atoms with Gasteiger partial charge in [0.2, 0.25) is 0 Å². The molecule has 0 aliphatic rings. The Labute approximate surface area is 738 Å². The Balaban J connectivity index is 4.62. The number of carbonyl (C=O) groups is 3. The molecule has 5 atom stereocenters. The van der Waals surface area contributed by atoms with Crippen LogP contribution in [0.25, 0.3) is 0 Å². The summed E-state index contributed by atoms with van der Waals surface area (Å²) in [5, 5.41) is 20.8. The molecule has 0 aliphatic heterocycles. The van der Waals surface area contributed by atoms with E-state index in [4.69, 9.17) is 32.3 Å². The number of rotatable bonds is 90. The van der Waals surface area contributed by atoms with Crippen molar-refractivity contribution in [2.24, 2.45) is 0 Å². The van der Waals surface area contributed by atoms with Gasteiger partial charge < -0.3 is 34.2 Å². The molecule has 5 unspecified atom stereocenters. The molecule has 0 spiro atoms. The monoisotopic (exact) mass is 1730 g/mol. The summed E-state index contributed by atoms with van der Waals surface area (Å²) in [5.41, 5.74) is 0. The minimum absolute atomic E-state index is 0.0808. The Morgan fingerprint density at radius 2 is 0.438 bits per heavy atom. The fourth-order valence-electron chi connectivity index (χ4n) is 12.9. The SMILES string of the molecule is CC/C=C\C/C=C\C/C=C\C/C=C\C/C=C\C/C=C\CCCCCCCCC(=O)OC(COC(=O)CCCCCCCCCCCCC/C=C\C/C=C\C/C=C\C/C=C\C/C=C\CC)COP(=O)(O)OCC(O)COP(=O)(O)OCC(O)COC(=O)CCCCCCCCCCCCCCCCCCC/C=C\C/C=C\C/C=C\C/C=C\CCCCC. The minimum Gasteiger partial charge on any atom is -0.463 e. The molecule has 0 rings (SSSR count). The van der Waals surface area contributed by atoms with E-state index >= 15 is 0 Å². The van der Waals surface area contributed by atoms with E-state index in [1.807, 2.05) is 0 Å². The van der Waals surface area contributed by atoms with Crippen LogP contribution < -0.4 is 0 Å². The van der Waals surface area contributed by atoms with E-state index in [9.17, 15) is 43.5 Å². The van der Waals surface area contributed by atoms with Crippen LogP contribution in [0.1, 0.15) is 393 Å². The van der Waals surface area contributed by atoms with Gasteiger partial charge in [-0.3, -0.25) is 32.5 Å². The number of allylic oxidation sites excluding steroid dienone is 30. The molecule has 0 aliphatic carbocycles. The number of phosphoric ester groups is 2. The van der Waals surface area contributed by atoms with E-state index < -0.39 is 91.5 Å². The molecule has 0 saturated carbocycles. The predicted octanol–water partition coefficient (Wildman–Crippen LogP) is 30.0. The maximum Gasteiger partial charge on any atom is 0.472 e. The average Bonchev–Trinajstić information content (AvgIpc) is 0.889. The third-order valence-corrected chi connectivity index (χ3v) is 22.0. The van der Waals surface area contributed by atoms with Crippen LogP contribution in [0.5, 0.6) is 0 Å². The number of unbranched alkanes of at least 4 members (excludes halogenated alkanes) is 37. The highest BCUT2D eigenvalue weighted by molar-refractivity contribution is 7.47. The number of aliphatic hydroxyl groups is 2. The lowest BCUT2D eigenvalue weighted by atomic mass is 10.0. The molecular formula is C103H174O16P2. The first kappa shape index (κ1) is 116. The average molecular weight is 1730 g/mol. The van der Waals surface area contributed by atoms with Gasteiger partial charge in [-0.05, 0) is 161 Å². The Hall–Kier alpha value is -5.35. The quantitative estimate of drug-likeness (QED) is 0.0146. The van der Waals surface area contributed by atoms with Crippen LogP contribution in [0.2, 0.25) is 0 Å². The normalized spacial score (nSPS) is 14.5. The third kappa shape index (κ3) is 95.2. The first-order valence-electron chi connectivity index (χ1n) is 48.1. The Morgan fingerprint density at radius 3 is 0.694 bits per heavy atom. The zero-order chi connectivity index (χ0) is 87.9. The molecule has 692 valence electrons. The molecule has 0 radical (unpaired) electrons. The standard InChI is InChI=1S/C103H174O16P2/c1-4-7-10-13-16-19-22-25-28-31-34-37-40-43-45-46-47-48-49-50-52-55-56-59-62-65-68-71-74-77-80-83-86-89-101(106)113-92-98(104)93-115-120(109,110)116-94-99(105)95-117-121(111,112)118-97-100(119-103(108)91-88-85-82-79-76-73-70-67-64-61-58-53-42-39-36-33-30-27-24-21-18-15-12-9-6-3)96-114-102(107)90-87-84-81-78-75-72-69-66-63-60-57-54-51-44-41-38-35-32-29-26-23-20-17-14-11-8-5-2/h8-9,11-12,16-21,25-30,34-39,43-45,51,53,58,64,67,98-100,104-105H,4-7,10,13-15,22-24,31-33,40-42,46-50,52,54-57,59-63,65-66,68-97H2,1-3H3,(H,109,110)(H,111,112)/b11-8-,12-9-,19-16-,20-17-,21-18-,28-25-,29-26-,30-27-,37-34-,38-35-,39-36-,45-43-,51-44-,58-53-,67-64-. The zero-order valence-electron chi connectivity index (χ0n) is 76.4. The smallest absolute Gasteiger partial charge is 0.463 e. The molecule has 18 heteroatoms. The largest absolute Gasteiger partial charge is 0.472 e. The second-order valence-corrected chi connectivity index (χ2v) is 34.7. The van der Waals surface area contributed by atoms with Crippen LogP contribution in [-0.4, -0.2) is 95.9 Å². The van der Waals surface area contributed by atoms with Crippen LogP contribution in [0.15, 0.2) is 182 Å². The van der Waals surface area contributed by atoms with Crippen LogP contribution >= 0.6 is 15.6 Å². The van der Waals surface area contributed by atoms with Gasteiger partial charge in [-0.25, -0.2) is 9.13 Å². The molecule has 0 heterocycles. The summed E-state index contributed by atoms with van der Waals surface area (Å²) in [6.45, 7) is 2.45. The van der Waals surface area contributed by atoms with E-state index in [1.54, 1.807) is 0 Å². The second-order valence-electron chi connectivity index (χ2n) is 31.8. The summed E-state index contributed by atoms with van der Waals surface area (Å²) >= 11 is 0. The Kier molecular flexibility index (Phi) is 89.6. The van der Waals surface area contributed by atoms with Gasteiger partial charge in [0.05, 0.1) is 26.4 Å².